The molecule has 3 heterocycles. The van der Waals surface area contributed by atoms with Gasteiger partial charge in [0.15, 0.2) is 11.5 Å². The van der Waals surface area contributed by atoms with Gasteiger partial charge in [-0.2, -0.15) is 0 Å². The maximum absolute atomic E-state index is 13.2. The largest absolute Gasteiger partial charge is 0.488 e. The van der Waals surface area contributed by atoms with E-state index in [4.69, 9.17) is 14.2 Å². The maximum Gasteiger partial charge on any atom is 0.176 e. The number of carbonyl (C=O) groups excluding carboxylic acids is 1. The Balaban J connectivity index is 2.07. The number of ketones is 1. The Morgan fingerprint density at radius 1 is 1.15 bits per heavy atom. The van der Waals surface area contributed by atoms with Crippen LogP contribution in [0.4, 0.5) is 0 Å². The van der Waals surface area contributed by atoms with Gasteiger partial charge < -0.3 is 14.2 Å². The molecule has 0 aliphatic carbocycles. The van der Waals surface area contributed by atoms with E-state index in [-0.39, 0.29) is 17.8 Å². The molecule has 0 bridgehead atoms. The second-order valence-corrected chi connectivity index (χ2v) is 8.15. The molecule has 0 radical (unpaired) electrons. The smallest absolute Gasteiger partial charge is 0.176 e. The van der Waals surface area contributed by atoms with E-state index in [0.717, 1.165) is 35.3 Å². The second-order valence-electron chi connectivity index (χ2n) is 8.15. The highest BCUT2D eigenvalue weighted by Gasteiger charge is 2.42. The van der Waals surface area contributed by atoms with Gasteiger partial charge in [0, 0.05) is 0 Å². The van der Waals surface area contributed by atoms with Crippen molar-refractivity contribution in [2.75, 3.05) is 0 Å². The molecule has 4 nitrogen and oxygen atoms in total. The maximum atomic E-state index is 13.2. The van der Waals surface area contributed by atoms with Crippen molar-refractivity contribution >= 4 is 17.4 Å². The van der Waals surface area contributed by atoms with E-state index in [1.807, 2.05) is 45.9 Å². The molecule has 1 aromatic carbocycles. The Bertz CT molecular complexity index is 917. The van der Waals surface area contributed by atoms with Crippen LogP contribution >= 0.6 is 0 Å². The number of Topliss-reactive ketones (excluding diaryl/α,β-unsaturated/α-hetero) is 1. The van der Waals surface area contributed by atoms with Crippen LogP contribution in [0.1, 0.15) is 68.9 Å². The highest BCUT2D eigenvalue weighted by atomic mass is 16.5. The Morgan fingerprint density at radius 2 is 1.89 bits per heavy atom. The molecular weight excluding hydrogens is 340 g/mol. The molecule has 3 aliphatic rings. The quantitative estimate of drug-likeness (QED) is 0.687. The van der Waals surface area contributed by atoms with Crippen LogP contribution in [-0.2, 0) is 0 Å². The lowest BCUT2D eigenvalue weighted by atomic mass is 9.83. The summed E-state index contributed by atoms with van der Waals surface area (Å²) in [5.74, 6) is 2.19. The van der Waals surface area contributed by atoms with Crippen LogP contribution in [0.2, 0.25) is 0 Å². The summed E-state index contributed by atoms with van der Waals surface area (Å²) in [7, 11) is 0. The first-order valence-electron chi connectivity index (χ1n) is 9.64. The first-order chi connectivity index (χ1) is 12.7. The van der Waals surface area contributed by atoms with Crippen molar-refractivity contribution in [2.24, 2.45) is 5.92 Å². The Morgan fingerprint density at radius 3 is 2.59 bits per heavy atom. The van der Waals surface area contributed by atoms with Crippen LogP contribution in [0.3, 0.4) is 0 Å². The Labute approximate surface area is 160 Å². The molecule has 4 rings (SSSR count). The van der Waals surface area contributed by atoms with Gasteiger partial charge >= 0.3 is 0 Å². The molecule has 2 atom stereocenters. The molecule has 27 heavy (non-hydrogen) atoms. The molecule has 0 spiro atoms. The predicted octanol–water partition coefficient (Wildman–Crippen LogP) is 5.56. The minimum atomic E-state index is -0.446. The van der Waals surface area contributed by atoms with Gasteiger partial charge in [0.1, 0.15) is 34.5 Å². The number of rotatable bonds is 2. The second kappa shape index (κ2) is 6.01. The average Bonchev–Trinajstić information content (AvgIpc) is 2.58. The first kappa shape index (κ1) is 17.9. The van der Waals surface area contributed by atoms with Gasteiger partial charge in [0.25, 0.3) is 0 Å². The van der Waals surface area contributed by atoms with Crippen molar-refractivity contribution in [3.05, 3.63) is 41.2 Å². The molecule has 0 amide bonds. The zero-order valence-corrected chi connectivity index (χ0v) is 16.6. The van der Waals surface area contributed by atoms with Crippen LogP contribution in [-0.4, -0.2) is 17.5 Å². The highest BCUT2D eigenvalue weighted by Crippen LogP contribution is 2.54. The van der Waals surface area contributed by atoms with Gasteiger partial charge in [0.2, 0.25) is 0 Å². The third kappa shape index (κ3) is 2.70. The summed E-state index contributed by atoms with van der Waals surface area (Å²) in [6.45, 7) is 14.0. The SMILES string of the molecule is C=C1C=C(CCC)c2c3c(c4c(c2O1)C(=O)[C@H](C)[C@@H](C)O4)C=CC(C)(C)O3. The van der Waals surface area contributed by atoms with Crippen LogP contribution in [0.25, 0.3) is 11.6 Å². The predicted molar refractivity (Wildman–Crippen MR) is 106 cm³/mol. The molecule has 142 valence electrons. The Hall–Kier alpha value is -2.49. The third-order valence-corrected chi connectivity index (χ3v) is 5.49. The van der Waals surface area contributed by atoms with Gasteiger partial charge in [-0.3, -0.25) is 4.79 Å². The normalized spacial score (nSPS) is 24.7. The molecule has 4 heteroatoms. The number of benzene rings is 1. The lowest BCUT2D eigenvalue weighted by Gasteiger charge is -2.37. The molecular formula is C23H26O4. The molecule has 0 saturated heterocycles. The summed E-state index contributed by atoms with van der Waals surface area (Å²) in [6, 6.07) is 0. The molecule has 0 unspecified atom stereocenters. The topological polar surface area (TPSA) is 44.8 Å². The van der Waals surface area contributed by atoms with E-state index in [9.17, 15) is 4.79 Å². The van der Waals surface area contributed by atoms with Gasteiger partial charge in [0.05, 0.1) is 17.0 Å². The van der Waals surface area contributed by atoms with Gasteiger partial charge in [-0.15, -0.1) is 0 Å². The summed E-state index contributed by atoms with van der Waals surface area (Å²) >= 11 is 0. The third-order valence-electron chi connectivity index (χ3n) is 5.49. The highest BCUT2D eigenvalue weighted by molar-refractivity contribution is 6.08. The summed E-state index contributed by atoms with van der Waals surface area (Å²) in [5.41, 5.74) is 2.86. The van der Waals surface area contributed by atoms with E-state index >= 15 is 0 Å². The number of carbonyl (C=O) groups is 1. The molecule has 3 aliphatic heterocycles. The van der Waals surface area contributed by atoms with Crippen LogP contribution in [0.15, 0.2) is 24.5 Å². The van der Waals surface area contributed by atoms with E-state index in [0.29, 0.717) is 22.8 Å². The van der Waals surface area contributed by atoms with Crippen LogP contribution in [0, 0.1) is 5.92 Å². The summed E-state index contributed by atoms with van der Waals surface area (Å²) < 4.78 is 18.6. The fourth-order valence-electron chi connectivity index (χ4n) is 3.90. The van der Waals surface area contributed by atoms with Gasteiger partial charge in [-0.1, -0.05) is 26.8 Å². The summed E-state index contributed by atoms with van der Waals surface area (Å²) in [4.78, 5) is 13.2. The van der Waals surface area contributed by atoms with Crippen LogP contribution < -0.4 is 14.2 Å². The number of allylic oxidation sites excluding steroid dienone is 2. The number of fused-ring (bicyclic) bond motifs is 6. The summed E-state index contributed by atoms with van der Waals surface area (Å²) in [6.07, 6.45) is 7.60. The number of ether oxygens (including phenoxy) is 3. The minimum absolute atomic E-state index is 0.0478. The van der Waals surface area contributed by atoms with Crippen molar-refractivity contribution < 1.29 is 19.0 Å². The van der Waals surface area contributed by atoms with E-state index in [2.05, 4.69) is 13.5 Å². The Kier molecular flexibility index (Phi) is 3.99. The average molecular weight is 366 g/mol. The zero-order chi connectivity index (χ0) is 19.5. The molecule has 1 aromatic rings. The lowest BCUT2D eigenvalue weighted by Crippen LogP contribution is -2.36. The van der Waals surface area contributed by atoms with Crippen LogP contribution in [0.5, 0.6) is 17.2 Å². The van der Waals surface area contributed by atoms with Crippen molar-refractivity contribution in [3.63, 3.8) is 0 Å². The number of hydrogen-bond acceptors (Lipinski definition) is 4. The van der Waals surface area contributed by atoms with Crippen molar-refractivity contribution in [1.29, 1.82) is 0 Å². The van der Waals surface area contributed by atoms with E-state index in [1.165, 1.54) is 0 Å². The molecule has 0 saturated carbocycles. The molecule has 0 fully saturated rings. The number of hydrogen-bond donors (Lipinski definition) is 0. The first-order valence-corrected chi connectivity index (χ1v) is 9.64. The molecule has 0 aromatic heterocycles. The fourth-order valence-corrected chi connectivity index (χ4v) is 3.90. The van der Waals surface area contributed by atoms with Crippen molar-refractivity contribution in [3.8, 4) is 17.2 Å². The fraction of sp³-hybridized carbons (Fsp3) is 0.435. The lowest BCUT2D eigenvalue weighted by molar-refractivity contribution is 0.0720. The summed E-state index contributed by atoms with van der Waals surface area (Å²) in [5, 5.41) is 0. The minimum Gasteiger partial charge on any atom is -0.488 e. The van der Waals surface area contributed by atoms with Crippen molar-refractivity contribution in [1.82, 2.24) is 0 Å². The zero-order valence-electron chi connectivity index (χ0n) is 16.6. The molecule has 0 N–H and O–H groups in total. The van der Waals surface area contributed by atoms with E-state index < -0.39 is 5.60 Å². The standard InChI is InChI=1S/C23H26O4/c1-7-8-15-11-12(2)25-22-17(15)21-16(9-10-23(5,6)27-21)20-18(22)19(24)13(3)14(4)26-20/h9-11,13-14H,2,7-8H2,1,3-6H3/t13-,14-/m1/s1. The van der Waals surface area contributed by atoms with Gasteiger partial charge in [-0.05, 0) is 51.0 Å². The van der Waals surface area contributed by atoms with Gasteiger partial charge in [-0.25, -0.2) is 0 Å². The van der Waals surface area contributed by atoms with Crippen molar-refractivity contribution in [2.45, 2.75) is 59.2 Å². The van der Waals surface area contributed by atoms with E-state index in [1.54, 1.807) is 0 Å². The monoisotopic (exact) mass is 366 g/mol.